The molecule has 0 radical (unpaired) electrons. The summed E-state index contributed by atoms with van der Waals surface area (Å²) in [6, 6.07) is 5.37. The van der Waals surface area contributed by atoms with E-state index < -0.39 is 26.4 Å². The van der Waals surface area contributed by atoms with Crippen LogP contribution in [-0.4, -0.2) is 31.3 Å². The highest BCUT2D eigenvalue weighted by Crippen LogP contribution is 2.36. The van der Waals surface area contributed by atoms with E-state index in [4.69, 9.17) is 4.74 Å². The predicted octanol–water partition coefficient (Wildman–Crippen LogP) is 2.07. The number of hydrogen-bond acceptors (Lipinski definition) is 8. The fraction of sp³-hybridized carbons (Fsp3) is 0.154. The first-order valence-electron chi connectivity index (χ1n) is 6.57. The molecule has 0 aliphatic rings. The van der Waals surface area contributed by atoms with Gasteiger partial charge in [0.05, 0.1) is 17.7 Å². The molecule has 0 spiro atoms. The number of thiophene rings is 1. The lowest BCUT2D eigenvalue weighted by molar-refractivity contribution is -0.386. The Morgan fingerprint density at radius 3 is 2.83 bits per heavy atom. The van der Waals surface area contributed by atoms with E-state index in [1.807, 2.05) is 4.83 Å². The molecule has 24 heavy (non-hydrogen) atoms. The van der Waals surface area contributed by atoms with Gasteiger partial charge in [0.15, 0.2) is 5.75 Å². The molecule has 1 aromatic carbocycles. The van der Waals surface area contributed by atoms with E-state index in [1.54, 1.807) is 18.4 Å². The number of aromatic hydroxyl groups is 1. The van der Waals surface area contributed by atoms with Gasteiger partial charge in [0.2, 0.25) is 5.75 Å². The molecule has 2 rings (SSSR count). The second kappa shape index (κ2) is 7.27. The quantitative estimate of drug-likeness (QED) is 0.435. The summed E-state index contributed by atoms with van der Waals surface area (Å²) in [5.41, 5.74) is -0.375. The molecule has 0 bridgehead atoms. The molecule has 128 valence electrons. The van der Waals surface area contributed by atoms with Crippen LogP contribution in [0.15, 0.2) is 39.0 Å². The van der Waals surface area contributed by atoms with Crippen LogP contribution in [0.25, 0.3) is 0 Å². The number of sulfonamides is 1. The normalized spacial score (nSPS) is 11.5. The maximum Gasteiger partial charge on any atom is 0.315 e. The van der Waals surface area contributed by atoms with Gasteiger partial charge in [-0.25, -0.2) is 0 Å². The summed E-state index contributed by atoms with van der Waals surface area (Å²) in [6.45, 7) is 1.84. The number of benzene rings is 1. The lowest BCUT2D eigenvalue weighted by Crippen LogP contribution is -2.17. The summed E-state index contributed by atoms with van der Waals surface area (Å²) < 4.78 is 29.0. The number of nitro groups is 1. The van der Waals surface area contributed by atoms with E-state index in [0.29, 0.717) is 0 Å². The number of nitrogens with zero attached hydrogens (tertiary/aromatic N) is 2. The van der Waals surface area contributed by atoms with Crippen LogP contribution in [0.1, 0.15) is 12.5 Å². The van der Waals surface area contributed by atoms with Crippen molar-refractivity contribution >= 4 is 33.3 Å². The van der Waals surface area contributed by atoms with E-state index >= 15 is 0 Å². The van der Waals surface area contributed by atoms with Gasteiger partial charge in [0.25, 0.3) is 10.0 Å². The van der Waals surface area contributed by atoms with Crippen LogP contribution in [-0.2, 0) is 10.0 Å². The van der Waals surface area contributed by atoms with Crippen LogP contribution < -0.4 is 9.57 Å². The standard InChI is InChI=1S/C13H13N3O6S2/c1-2-22-11-7-9(6-10(13(11)17)16(18)19)8-14-15-24(20,21)12-4-3-5-23-12/h3-8,15,17H,2H2,1H3/b14-8+. The summed E-state index contributed by atoms with van der Waals surface area (Å²) in [5.74, 6) is -0.688. The molecule has 0 atom stereocenters. The number of hydrogen-bond donors (Lipinski definition) is 2. The van der Waals surface area contributed by atoms with Gasteiger partial charge in [-0.3, -0.25) is 10.1 Å². The molecule has 1 heterocycles. The predicted molar refractivity (Wildman–Crippen MR) is 88.2 cm³/mol. The lowest BCUT2D eigenvalue weighted by Gasteiger charge is -2.07. The highest BCUT2D eigenvalue weighted by atomic mass is 32.2. The van der Waals surface area contributed by atoms with Crippen molar-refractivity contribution in [1.29, 1.82) is 0 Å². The third kappa shape index (κ3) is 4.00. The van der Waals surface area contributed by atoms with E-state index in [2.05, 4.69) is 5.10 Å². The Morgan fingerprint density at radius 1 is 1.50 bits per heavy atom. The summed E-state index contributed by atoms with van der Waals surface area (Å²) >= 11 is 1.03. The van der Waals surface area contributed by atoms with Crippen LogP contribution in [0.3, 0.4) is 0 Å². The molecule has 0 unspecified atom stereocenters. The summed E-state index contributed by atoms with van der Waals surface area (Å²) in [5, 5.41) is 25.9. The SMILES string of the molecule is CCOc1cc(/C=N/NS(=O)(=O)c2cccs2)cc([N+](=O)[O-])c1O. The molecule has 2 N–H and O–H groups in total. The van der Waals surface area contributed by atoms with Gasteiger partial charge in [-0.2, -0.15) is 18.4 Å². The average Bonchev–Trinajstić information content (AvgIpc) is 3.05. The zero-order valence-corrected chi connectivity index (χ0v) is 14.0. The largest absolute Gasteiger partial charge is 0.500 e. The van der Waals surface area contributed by atoms with Crippen LogP contribution in [0.2, 0.25) is 0 Å². The minimum absolute atomic E-state index is 0.0886. The maximum absolute atomic E-state index is 11.9. The van der Waals surface area contributed by atoms with Gasteiger partial charge in [0, 0.05) is 11.6 Å². The number of phenolic OH excluding ortho intramolecular Hbond substituents is 1. The van der Waals surface area contributed by atoms with Crippen molar-refractivity contribution in [3.8, 4) is 11.5 Å². The Bertz CT molecular complexity index is 862. The van der Waals surface area contributed by atoms with Crippen molar-refractivity contribution in [2.75, 3.05) is 6.61 Å². The molecule has 11 heteroatoms. The molecular weight excluding hydrogens is 358 g/mol. The van der Waals surface area contributed by atoms with Crippen molar-refractivity contribution in [3.05, 3.63) is 45.3 Å². The number of hydrazone groups is 1. The zero-order chi connectivity index (χ0) is 17.7. The van der Waals surface area contributed by atoms with Gasteiger partial charge in [-0.1, -0.05) is 6.07 Å². The van der Waals surface area contributed by atoms with Crippen molar-refractivity contribution in [2.45, 2.75) is 11.1 Å². The highest BCUT2D eigenvalue weighted by molar-refractivity contribution is 7.91. The topological polar surface area (TPSA) is 131 Å². The van der Waals surface area contributed by atoms with Gasteiger partial charge in [0.1, 0.15) is 4.21 Å². The third-order valence-electron chi connectivity index (χ3n) is 2.72. The van der Waals surface area contributed by atoms with Crippen LogP contribution >= 0.6 is 11.3 Å². The lowest BCUT2D eigenvalue weighted by atomic mass is 10.2. The minimum atomic E-state index is -3.79. The summed E-state index contributed by atoms with van der Waals surface area (Å²) in [6.07, 6.45) is 1.08. The third-order valence-corrected chi connectivity index (χ3v) is 5.34. The molecule has 0 fully saturated rings. The number of ether oxygens (including phenoxy) is 1. The number of nitrogens with one attached hydrogen (secondary N) is 1. The highest BCUT2D eigenvalue weighted by Gasteiger charge is 2.20. The molecule has 0 saturated heterocycles. The van der Waals surface area contributed by atoms with Crippen molar-refractivity contribution < 1.29 is 23.2 Å². The molecule has 1 aromatic heterocycles. The smallest absolute Gasteiger partial charge is 0.315 e. The second-order valence-corrected chi connectivity index (χ2v) is 7.20. The number of rotatable bonds is 7. The fourth-order valence-corrected chi connectivity index (χ4v) is 3.50. The molecular formula is C13H13N3O6S2. The summed E-state index contributed by atoms with van der Waals surface area (Å²) in [4.78, 5) is 12.2. The van der Waals surface area contributed by atoms with E-state index in [1.165, 1.54) is 12.1 Å². The first-order valence-corrected chi connectivity index (χ1v) is 8.94. The van der Waals surface area contributed by atoms with Gasteiger partial charge >= 0.3 is 5.69 Å². The number of nitro benzene ring substituents is 1. The molecule has 2 aromatic rings. The van der Waals surface area contributed by atoms with E-state index in [9.17, 15) is 23.6 Å². The first-order chi connectivity index (χ1) is 11.3. The van der Waals surface area contributed by atoms with Crippen molar-refractivity contribution in [2.24, 2.45) is 5.10 Å². The zero-order valence-electron chi connectivity index (χ0n) is 12.4. The Morgan fingerprint density at radius 2 is 2.25 bits per heavy atom. The first kappa shape index (κ1) is 17.7. The van der Waals surface area contributed by atoms with Gasteiger partial charge in [-0.05, 0) is 24.4 Å². The van der Waals surface area contributed by atoms with Crippen LogP contribution in [0, 0.1) is 10.1 Å². The Hall–Kier alpha value is -2.66. The molecule has 0 aliphatic heterocycles. The molecule has 0 saturated carbocycles. The second-order valence-electron chi connectivity index (χ2n) is 4.36. The minimum Gasteiger partial charge on any atom is -0.500 e. The average molecular weight is 371 g/mol. The van der Waals surface area contributed by atoms with Gasteiger partial charge < -0.3 is 9.84 Å². The Labute approximate surface area is 141 Å². The van der Waals surface area contributed by atoms with E-state index in [-0.39, 0.29) is 22.1 Å². The Kier molecular flexibility index (Phi) is 5.36. The fourth-order valence-electron chi connectivity index (χ4n) is 1.72. The molecule has 0 amide bonds. The summed E-state index contributed by atoms with van der Waals surface area (Å²) in [7, 11) is -3.79. The molecule has 0 aliphatic carbocycles. The van der Waals surface area contributed by atoms with E-state index in [0.717, 1.165) is 23.6 Å². The monoisotopic (exact) mass is 371 g/mol. The van der Waals surface area contributed by atoms with Gasteiger partial charge in [-0.15, -0.1) is 11.3 Å². The number of phenols is 1. The van der Waals surface area contributed by atoms with Crippen LogP contribution in [0.5, 0.6) is 11.5 Å². The Balaban J connectivity index is 2.27. The van der Waals surface area contributed by atoms with Crippen LogP contribution in [0.4, 0.5) is 5.69 Å². The van der Waals surface area contributed by atoms with Crippen molar-refractivity contribution in [1.82, 2.24) is 4.83 Å². The molecule has 9 nitrogen and oxygen atoms in total. The maximum atomic E-state index is 11.9. The van der Waals surface area contributed by atoms with Crippen molar-refractivity contribution in [3.63, 3.8) is 0 Å².